The van der Waals surface area contributed by atoms with Gasteiger partial charge < -0.3 is 26.6 Å². The van der Waals surface area contributed by atoms with Gasteiger partial charge in [-0.15, -0.1) is 11.8 Å². The first-order chi connectivity index (χ1) is 19.6. The van der Waals surface area contributed by atoms with E-state index in [1.807, 2.05) is 18.2 Å². The Morgan fingerprint density at radius 2 is 1.34 bits per heavy atom. The van der Waals surface area contributed by atoms with Crippen LogP contribution in [0.3, 0.4) is 0 Å². The van der Waals surface area contributed by atoms with Crippen LogP contribution in [0.2, 0.25) is 0 Å². The van der Waals surface area contributed by atoms with Crippen LogP contribution in [0.5, 0.6) is 0 Å². The highest BCUT2D eigenvalue weighted by atomic mass is 32.2. The third-order valence-corrected chi connectivity index (χ3v) is 7.16. The summed E-state index contributed by atoms with van der Waals surface area (Å²) in [4.78, 5) is 61.5. The van der Waals surface area contributed by atoms with Crippen molar-refractivity contribution in [1.82, 2.24) is 0 Å². The summed E-state index contributed by atoms with van der Waals surface area (Å²) < 4.78 is 0. The number of thioether (sulfide) groups is 1. The molecule has 1 unspecified atom stereocenters. The number of carboxylic acid groups (broad SMARTS) is 2. The number of benzene rings is 4. The molecular weight excluding hydrogens is 546 g/mol. The average Bonchev–Trinajstić information content (AvgIpc) is 2.96. The number of carbonyl (C=O) groups excluding carboxylic acids is 3. The lowest BCUT2D eigenvalue weighted by molar-refractivity contribution is -0.115. The van der Waals surface area contributed by atoms with Crippen LogP contribution in [0.1, 0.15) is 52.2 Å². The van der Waals surface area contributed by atoms with Crippen LogP contribution >= 0.6 is 11.8 Å². The molecule has 4 aromatic carbocycles. The summed E-state index contributed by atoms with van der Waals surface area (Å²) in [5, 5.41) is 23.3. The summed E-state index contributed by atoms with van der Waals surface area (Å²) >= 11 is 1.24. The molecule has 1 atom stereocenters. The lowest BCUT2D eigenvalue weighted by Crippen LogP contribution is -2.22. The number of rotatable bonds is 10. The van der Waals surface area contributed by atoms with Crippen molar-refractivity contribution in [3.8, 4) is 0 Å². The second-order valence-corrected chi connectivity index (χ2v) is 9.84. The van der Waals surface area contributed by atoms with Gasteiger partial charge in [0, 0.05) is 10.6 Å². The van der Waals surface area contributed by atoms with Crippen LogP contribution in [-0.4, -0.2) is 39.9 Å². The fourth-order valence-electron chi connectivity index (χ4n) is 3.91. The third kappa shape index (κ3) is 6.97. The lowest BCUT2D eigenvalue weighted by atomic mass is 10.0. The van der Waals surface area contributed by atoms with Crippen molar-refractivity contribution in [2.45, 2.75) is 10.1 Å². The monoisotopic (exact) mass is 569 g/mol. The zero-order valence-corrected chi connectivity index (χ0v) is 22.1. The van der Waals surface area contributed by atoms with E-state index in [4.69, 9.17) is 10.8 Å². The van der Waals surface area contributed by atoms with Crippen LogP contribution < -0.4 is 16.4 Å². The number of hydrogen-bond acceptors (Lipinski definition) is 6. The Morgan fingerprint density at radius 1 is 0.683 bits per heavy atom. The van der Waals surface area contributed by atoms with Crippen molar-refractivity contribution in [3.63, 3.8) is 0 Å². The third-order valence-electron chi connectivity index (χ3n) is 5.90. The predicted octanol–water partition coefficient (Wildman–Crippen LogP) is 4.91. The van der Waals surface area contributed by atoms with Crippen LogP contribution in [-0.2, 0) is 4.79 Å². The van der Waals surface area contributed by atoms with E-state index >= 15 is 0 Å². The highest BCUT2D eigenvalue weighted by molar-refractivity contribution is 8.00. The normalized spacial score (nSPS) is 11.2. The first-order valence-electron chi connectivity index (χ1n) is 12.1. The molecule has 0 saturated heterocycles. The van der Waals surface area contributed by atoms with Crippen molar-refractivity contribution in [3.05, 3.63) is 125 Å². The minimum Gasteiger partial charge on any atom is -0.478 e. The molecule has 6 N–H and O–H groups in total. The van der Waals surface area contributed by atoms with Crippen LogP contribution in [0.25, 0.3) is 0 Å². The number of primary amides is 1. The van der Waals surface area contributed by atoms with E-state index in [9.17, 15) is 29.1 Å². The fraction of sp³-hybridized carbons (Fsp3) is 0.0333. The summed E-state index contributed by atoms with van der Waals surface area (Å²) in [7, 11) is 0. The highest BCUT2D eigenvalue weighted by Crippen LogP contribution is 2.37. The zero-order valence-electron chi connectivity index (χ0n) is 21.2. The van der Waals surface area contributed by atoms with Gasteiger partial charge in [0.2, 0.25) is 5.91 Å². The second kappa shape index (κ2) is 12.6. The van der Waals surface area contributed by atoms with E-state index < -0.39 is 34.6 Å². The van der Waals surface area contributed by atoms with Gasteiger partial charge in [0.25, 0.3) is 11.8 Å². The topological polar surface area (TPSA) is 176 Å². The quantitative estimate of drug-likeness (QED) is 0.167. The molecule has 0 aliphatic heterocycles. The van der Waals surface area contributed by atoms with Crippen LogP contribution in [0.15, 0.2) is 102 Å². The average molecular weight is 570 g/mol. The molecule has 0 saturated carbocycles. The van der Waals surface area contributed by atoms with Gasteiger partial charge in [0.1, 0.15) is 5.25 Å². The largest absolute Gasteiger partial charge is 0.478 e. The minimum absolute atomic E-state index is 0.182. The SMILES string of the molecule is NC(=O)c1ccccc1NC(=O)C(Sc1ccc(NC(=O)c2ccc(C(=O)O)cc2C(=O)O)cc1)c1ccccc1. The van der Waals surface area contributed by atoms with E-state index in [-0.39, 0.29) is 22.6 Å². The standard InChI is InChI=1S/C30H23N3O7S/c31-26(34)22-8-4-5-9-24(22)33-28(36)25(17-6-2-1-3-7-17)41-20-13-11-19(12-14-20)32-27(35)21-15-10-18(29(37)38)16-23(21)30(39)40/h1-16,25H,(H2,31,34)(H,32,35)(H,33,36)(H,37,38)(H,39,40). The van der Waals surface area contributed by atoms with Crippen LogP contribution in [0, 0.1) is 0 Å². The first-order valence-corrected chi connectivity index (χ1v) is 13.0. The van der Waals surface area contributed by atoms with E-state index in [0.29, 0.717) is 16.3 Å². The molecule has 11 heteroatoms. The maximum atomic E-state index is 13.4. The summed E-state index contributed by atoms with van der Waals surface area (Å²) in [6, 6.07) is 25.3. The molecular formula is C30H23N3O7S. The fourth-order valence-corrected chi connectivity index (χ4v) is 4.93. The maximum Gasteiger partial charge on any atom is 0.336 e. The number of nitrogens with one attached hydrogen (secondary N) is 2. The lowest BCUT2D eigenvalue weighted by Gasteiger charge is -2.18. The molecule has 3 amide bonds. The number of aromatic carboxylic acids is 2. The number of para-hydroxylation sites is 1. The second-order valence-electron chi connectivity index (χ2n) is 8.66. The van der Waals surface area contributed by atoms with Gasteiger partial charge in [-0.1, -0.05) is 42.5 Å². The van der Waals surface area contributed by atoms with Crippen molar-refractivity contribution < 1.29 is 34.2 Å². The molecule has 0 aromatic heterocycles. The first kappa shape index (κ1) is 28.6. The van der Waals surface area contributed by atoms with Crippen molar-refractivity contribution in [1.29, 1.82) is 0 Å². The Labute approximate surface area is 238 Å². The van der Waals surface area contributed by atoms with Gasteiger partial charge >= 0.3 is 11.9 Å². The Bertz CT molecular complexity index is 1640. The molecule has 0 spiro atoms. The van der Waals surface area contributed by atoms with E-state index in [1.165, 1.54) is 17.8 Å². The molecule has 4 aromatic rings. The van der Waals surface area contributed by atoms with E-state index in [1.54, 1.807) is 54.6 Å². The number of anilines is 2. The van der Waals surface area contributed by atoms with Gasteiger partial charge in [0.15, 0.2) is 0 Å². The Kier molecular flexibility index (Phi) is 8.80. The maximum absolute atomic E-state index is 13.4. The van der Waals surface area contributed by atoms with Crippen molar-refractivity contribution >= 4 is 52.8 Å². The molecule has 4 rings (SSSR count). The van der Waals surface area contributed by atoms with Gasteiger partial charge in [-0.05, 0) is 60.2 Å². The molecule has 0 heterocycles. The molecule has 41 heavy (non-hydrogen) atoms. The molecule has 0 bridgehead atoms. The van der Waals surface area contributed by atoms with Gasteiger partial charge in [-0.3, -0.25) is 14.4 Å². The number of nitrogens with two attached hydrogens (primary N) is 1. The highest BCUT2D eigenvalue weighted by Gasteiger charge is 2.24. The Hall–Kier alpha value is -5.42. The molecule has 206 valence electrons. The van der Waals surface area contributed by atoms with Crippen molar-refractivity contribution in [2.75, 3.05) is 10.6 Å². The molecule has 0 aliphatic rings. The predicted molar refractivity (Wildman–Crippen MR) is 153 cm³/mol. The summed E-state index contributed by atoms with van der Waals surface area (Å²) in [5.41, 5.74) is 6.11. The van der Waals surface area contributed by atoms with E-state index in [2.05, 4.69) is 10.6 Å². The molecule has 0 aliphatic carbocycles. The van der Waals surface area contributed by atoms with Crippen molar-refractivity contribution in [2.24, 2.45) is 5.73 Å². The van der Waals surface area contributed by atoms with Gasteiger partial charge in [-0.25, -0.2) is 9.59 Å². The Morgan fingerprint density at radius 3 is 1.98 bits per heavy atom. The molecule has 0 fully saturated rings. The smallest absolute Gasteiger partial charge is 0.336 e. The Balaban J connectivity index is 1.53. The van der Waals surface area contributed by atoms with Gasteiger partial charge in [-0.2, -0.15) is 0 Å². The molecule has 10 nitrogen and oxygen atoms in total. The summed E-state index contributed by atoms with van der Waals surface area (Å²) in [6.45, 7) is 0. The van der Waals surface area contributed by atoms with E-state index in [0.717, 1.165) is 23.8 Å². The number of amides is 3. The minimum atomic E-state index is -1.44. The summed E-state index contributed by atoms with van der Waals surface area (Å²) in [6.07, 6.45) is 0. The van der Waals surface area contributed by atoms with Crippen LogP contribution in [0.4, 0.5) is 11.4 Å². The zero-order chi connectivity index (χ0) is 29.5. The molecule has 0 radical (unpaired) electrons. The summed E-state index contributed by atoms with van der Waals surface area (Å²) in [5.74, 6) is -4.52. The number of carbonyl (C=O) groups is 5. The number of hydrogen-bond donors (Lipinski definition) is 5. The number of carboxylic acids is 2. The van der Waals surface area contributed by atoms with Gasteiger partial charge in [0.05, 0.1) is 27.9 Å².